The van der Waals surface area contributed by atoms with Gasteiger partial charge in [-0.25, -0.2) is 9.00 Å². The number of aromatic nitrogens is 6. The third kappa shape index (κ3) is 30.2. The summed E-state index contributed by atoms with van der Waals surface area (Å²) in [6, 6.07) is 50.5. The molecule has 15 N–H and O–H groups in total. The molecule has 2 heterocycles. The lowest BCUT2D eigenvalue weighted by molar-refractivity contribution is -0.138. The minimum atomic E-state index is -4.99. The number of aryl methyl sites for hydroxylation is 4. The van der Waals surface area contributed by atoms with Crippen LogP contribution >= 0.6 is 0 Å². The predicted molar refractivity (Wildman–Crippen MR) is 538 cm³/mol. The SMILES string of the molecule is Cc1cc(Nc2nc(NCCCCC(Nc3nc(Nc4ccc(N=Nc5ccc(N=Nc6ccc(S(=O)(=O)O)cc6)cc5S(=O)(=O)O)c(C)c4)nc(Nc4ccc(N=Nc5ccc(N=Nc6ccc(S(=O)(=O)O)cc6)cc5S(=O)(=O)O)c(C)c4)n3)C(=O)O)nc(Nc3ccc(N=Nc4ccc(N=Nc5ccc(S(=O)(=O)O)cc5)cc4S(=O)(=O)O)c(C)c3)n2)ccc1N=Nc1ccc(N=Nc2ccc(S(=O)(=O)O)cc2)cc1S(=O)O. The summed E-state index contributed by atoms with van der Waals surface area (Å²) in [6.07, 6.45) is 0.370. The fraction of sp³-hybridized carbons (Fsp3) is 0.102. The van der Waals surface area contributed by atoms with E-state index in [-0.39, 0.29) is 157 Å². The van der Waals surface area contributed by atoms with E-state index in [0.717, 1.165) is 66.7 Å². The average Bonchev–Trinajstić information content (AvgIpc) is 0.813. The maximum Gasteiger partial charge on any atom is 0.326 e. The van der Waals surface area contributed by atoms with Crippen LogP contribution in [0, 0.1) is 27.7 Å². The van der Waals surface area contributed by atoms with Crippen LogP contribution < -0.4 is 31.9 Å². The monoisotopic (exact) mass is 2180 g/mol. The lowest BCUT2D eigenvalue weighted by atomic mass is 10.1. The Morgan fingerprint density at radius 2 is 0.517 bits per heavy atom. The number of hydrogen-bond donors (Lipinski definition) is 15. The first-order valence-corrected chi connectivity index (χ1v) is 53.6. The van der Waals surface area contributed by atoms with Crippen molar-refractivity contribution in [2.75, 3.05) is 38.4 Å². The fourth-order valence-corrected chi connectivity index (χ4v) is 17.4. The van der Waals surface area contributed by atoms with Crippen LogP contribution in [0.2, 0.25) is 0 Å². The van der Waals surface area contributed by atoms with Crippen LogP contribution in [-0.2, 0) is 86.7 Å². The zero-order valence-corrected chi connectivity index (χ0v) is 83.2. The van der Waals surface area contributed by atoms with Crippen LogP contribution in [0.3, 0.4) is 0 Å². The molecule has 0 aliphatic rings. The van der Waals surface area contributed by atoms with Gasteiger partial charge in [0, 0.05) is 29.3 Å². The number of nitrogens with one attached hydrogen (secondary N) is 6. The quantitative estimate of drug-likeness (QED) is 0.00732. The van der Waals surface area contributed by atoms with Gasteiger partial charge in [-0.2, -0.15) is 150 Å². The predicted octanol–water partition coefficient (Wildman–Crippen LogP) is 22.0. The van der Waals surface area contributed by atoms with Crippen molar-refractivity contribution in [2.45, 2.75) is 92.2 Å². The second-order valence-electron chi connectivity index (χ2n) is 31.3. The number of anilines is 10. The van der Waals surface area contributed by atoms with Gasteiger partial charge < -0.3 is 41.6 Å². The number of benzene rings is 12. The number of hydrogen-bond acceptors (Lipinski definition) is 44. The summed E-state index contributed by atoms with van der Waals surface area (Å²) in [4.78, 5) is 37.0. The van der Waals surface area contributed by atoms with Gasteiger partial charge in [-0.05, 0) is 312 Å². The molecule has 0 amide bonds. The Hall–Kier alpha value is -16.8. The van der Waals surface area contributed by atoms with Gasteiger partial charge in [0.25, 0.3) is 70.8 Å². The van der Waals surface area contributed by atoms with Crippen LogP contribution in [-0.4, -0.2) is 153 Å². The van der Waals surface area contributed by atoms with Crippen LogP contribution in [0.5, 0.6) is 0 Å². The molecule has 12 aromatic carbocycles. The lowest BCUT2D eigenvalue weighted by Crippen LogP contribution is -2.30. The van der Waals surface area contributed by atoms with Crippen LogP contribution in [0.25, 0.3) is 0 Å². The molecule has 0 saturated carbocycles. The van der Waals surface area contributed by atoms with E-state index in [1.54, 1.807) is 70.2 Å². The summed E-state index contributed by atoms with van der Waals surface area (Å²) >= 11 is -2.61. The van der Waals surface area contributed by atoms with E-state index in [9.17, 15) is 109 Å². The highest BCUT2D eigenvalue weighted by Gasteiger charge is 2.26. The zero-order chi connectivity index (χ0) is 107. The Labute approximate surface area is 848 Å². The molecule has 53 nitrogen and oxygen atoms in total. The standard InChI is InChI=1S/C88H76N28O25S8/c1-49-41-57(16-32-69(49)109-113-73-36-20-61(45-78(73)142(119)120)105-101-53-8-24-65(25-9-53)143(121,122)123)90-84-95-83(96-85(97-84)91-58-17-33-70(50(2)42-58)110-114-74-37-21-62(46-79(74)147(133,134)135)106-102-54-10-26-66(27-11-54)144(124,125)126)89-40-6-5-7-77(82(117)118)94-88-99-86(92-59-18-34-71(51(3)43-59)111-115-75-38-22-63(47-80(75)148(136,137)138)107-103-55-12-28-67(29-13-55)145(127,128)129)98-87(100-88)93-60-19-35-72(52(4)44-60)112-116-76-39-23-64(48-81(76)149(139,140)141)108-104-56-14-30-68(31-15-56)146(130,131)132/h8-39,41-48,77H,5-7,40H2,1-4H3,(H,117,118)(H,119,120)(H,121,122,123)(H,124,125,126)(H,127,128,129)(H,130,131,132)(H,133,134,135)(H,136,137,138)(H,139,140,141)(H3,89,90,91,95,96,97)(H3,92,93,94,98,99,100). The average molecular weight is 2180 g/mol. The number of nitrogens with zero attached hydrogens (tertiary/aromatic N) is 22. The molecule has 2 unspecified atom stereocenters. The summed E-state index contributed by atoms with van der Waals surface area (Å²) in [5.41, 5.74) is 3.69. The fourth-order valence-electron chi connectivity index (χ4n) is 13.1. The van der Waals surface area contributed by atoms with Crippen molar-refractivity contribution in [2.24, 2.45) is 81.8 Å². The Morgan fingerprint density at radius 3 is 0.779 bits per heavy atom. The number of rotatable bonds is 41. The normalized spacial score (nSPS) is 13.0. The Morgan fingerprint density at radius 1 is 0.282 bits per heavy atom. The van der Waals surface area contributed by atoms with Crippen molar-refractivity contribution in [3.63, 3.8) is 0 Å². The smallest absolute Gasteiger partial charge is 0.326 e. The molecule has 149 heavy (non-hydrogen) atoms. The highest BCUT2D eigenvalue weighted by Crippen LogP contribution is 2.41. The summed E-state index contributed by atoms with van der Waals surface area (Å²) in [5, 5.41) is 94.9. The minimum absolute atomic E-state index is 0.00739. The molecule has 0 radical (unpaired) electrons. The molecule has 2 atom stereocenters. The van der Waals surface area contributed by atoms with Gasteiger partial charge in [-0.15, -0.1) is 20.5 Å². The van der Waals surface area contributed by atoms with Crippen LogP contribution in [0.1, 0.15) is 41.5 Å². The minimum Gasteiger partial charge on any atom is -0.480 e. The third-order valence-electron chi connectivity index (χ3n) is 20.4. The number of carbonyl (C=O) groups is 1. The third-order valence-corrected chi connectivity index (χ3v) is 27.2. The molecular formula is C88H76N28O25S8. The van der Waals surface area contributed by atoms with Gasteiger partial charge in [0.15, 0.2) is 11.1 Å². The van der Waals surface area contributed by atoms with Crippen molar-refractivity contribution < 1.29 is 109 Å². The van der Waals surface area contributed by atoms with Crippen molar-refractivity contribution in [3.8, 4) is 0 Å². The Kier molecular flexibility index (Phi) is 33.2. The summed E-state index contributed by atoms with van der Waals surface area (Å²) < 4.78 is 260. The molecule has 61 heteroatoms. The second kappa shape index (κ2) is 45.9. The maximum atomic E-state index is 13.3. The molecule has 0 aliphatic carbocycles. The van der Waals surface area contributed by atoms with E-state index < -0.39 is 123 Å². The molecular weight excluding hydrogens is 2110 g/mol. The van der Waals surface area contributed by atoms with Gasteiger partial charge in [0.05, 0.1) is 92.7 Å². The van der Waals surface area contributed by atoms with E-state index in [1.165, 1.54) is 133 Å². The first-order valence-electron chi connectivity index (χ1n) is 42.4. The Balaban J connectivity index is 0.704. The van der Waals surface area contributed by atoms with Crippen molar-refractivity contribution >= 4 is 237 Å². The molecule has 0 aliphatic heterocycles. The van der Waals surface area contributed by atoms with Gasteiger partial charge in [-0.1, -0.05) is 0 Å². The number of carboxylic acid groups (broad SMARTS) is 1. The zero-order valence-electron chi connectivity index (χ0n) is 76.7. The number of carboxylic acids is 1. The molecule has 0 bridgehead atoms. The highest BCUT2D eigenvalue weighted by molar-refractivity contribution is 7.87. The number of azo groups is 8. The van der Waals surface area contributed by atoms with E-state index in [2.05, 4.69) is 144 Å². The van der Waals surface area contributed by atoms with E-state index in [0.29, 0.717) is 50.7 Å². The van der Waals surface area contributed by atoms with E-state index in [4.69, 9.17) is 0 Å². The van der Waals surface area contributed by atoms with Gasteiger partial charge >= 0.3 is 5.97 Å². The first kappa shape index (κ1) is 108. The molecule has 2 aromatic heterocycles. The molecule has 0 spiro atoms. The highest BCUT2D eigenvalue weighted by atomic mass is 32.2. The van der Waals surface area contributed by atoms with Gasteiger partial charge in [0.2, 0.25) is 35.7 Å². The van der Waals surface area contributed by atoms with Gasteiger partial charge in [-0.3, -0.25) is 31.9 Å². The number of aliphatic carboxylic acids is 1. The lowest BCUT2D eigenvalue weighted by Gasteiger charge is -2.17. The Bertz CT molecular complexity index is 8510. The van der Waals surface area contributed by atoms with Crippen molar-refractivity contribution in [3.05, 3.63) is 265 Å². The van der Waals surface area contributed by atoms with Crippen molar-refractivity contribution in [1.29, 1.82) is 0 Å². The number of unbranched alkanes of at least 4 members (excludes halogenated alkanes) is 1. The molecule has 0 fully saturated rings. The molecule has 766 valence electrons. The van der Waals surface area contributed by atoms with Gasteiger partial charge in [0.1, 0.15) is 43.5 Å². The van der Waals surface area contributed by atoms with Crippen molar-refractivity contribution in [1.82, 2.24) is 29.9 Å². The van der Waals surface area contributed by atoms with Crippen LogP contribution in [0.15, 0.2) is 364 Å². The maximum absolute atomic E-state index is 13.3. The summed E-state index contributed by atoms with van der Waals surface area (Å²) in [5.74, 6) is -2.05. The molecule has 0 saturated heterocycles. The first-order chi connectivity index (χ1) is 70.4. The molecule has 14 aromatic rings. The topological polar surface area (TPSA) is 802 Å². The second-order valence-corrected chi connectivity index (χ2v) is 42.1. The summed E-state index contributed by atoms with van der Waals surface area (Å²) in [7, 11) is -33.0. The largest absolute Gasteiger partial charge is 0.480 e. The van der Waals surface area contributed by atoms with E-state index in [1.807, 2.05) is 0 Å². The summed E-state index contributed by atoms with van der Waals surface area (Å²) in [6.45, 7) is 6.71. The van der Waals surface area contributed by atoms with E-state index >= 15 is 0 Å². The van der Waals surface area contributed by atoms with Crippen LogP contribution in [0.4, 0.5) is 149 Å². The molecule has 14 rings (SSSR count).